The van der Waals surface area contributed by atoms with Crippen LogP contribution in [-0.4, -0.2) is 19.5 Å². The molecule has 8 aromatic carbocycles. The van der Waals surface area contributed by atoms with Crippen molar-refractivity contribution in [3.8, 4) is 51.0 Å². The van der Waals surface area contributed by atoms with E-state index in [9.17, 15) is 0 Å². The van der Waals surface area contributed by atoms with Gasteiger partial charge in [0, 0.05) is 64.1 Å². The predicted octanol–water partition coefficient (Wildman–Crippen LogP) is 13.9. The second-order valence-corrected chi connectivity index (χ2v) is 15.4. The molecule has 0 fully saturated rings. The average molecular weight is 747 g/mol. The molecule has 0 saturated heterocycles. The van der Waals surface area contributed by atoms with Gasteiger partial charge in [0.2, 0.25) is 0 Å². The quantitative estimate of drug-likeness (QED) is 0.176. The van der Waals surface area contributed by atoms with Gasteiger partial charge in [-0.05, 0) is 53.6 Å². The molecule has 0 spiro atoms. The Labute approximate surface area is 330 Å². The first-order valence-electron chi connectivity index (χ1n) is 19.0. The number of hydrogen-bond donors (Lipinski definition) is 0. The van der Waals surface area contributed by atoms with Gasteiger partial charge in [-0.2, -0.15) is 0 Å². The topological polar surface area (TPSA) is 56.7 Å². The van der Waals surface area contributed by atoms with Crippen molar-refractivity contribution in [2.24, 2.45) is 0 Å². The first-order valence-corrected chi connectivity index (χ1v) is 19.8. The maximum absolute atomic E-state index is 6.89. The van der Waals surface area contributed by atoms with Gasteiger partial charge in [-0.25, -0.2) is 15.0 Å². The first kappa shape index (κ1) is 31.9. The van der Waals surface area contributed by atoms with E-state index in [-0.39, 0.29) is 0 Å². The van der Waals surface area contributed by atoms with Crippen molar-refractivity contribution in [1.82, 2.24) is 19.5 Å². The van der Waals surface area contributed by atoms with Crippen LogP contribution in [0.5, 0.6) is 0 Å². The Hall–Kier alpha value is -7.41. The number of para-hydroxylation sites is 2. The number of nitrogens with zero attached hydrogens (tertiary/aromatic N) is 4. The Kier molecular flexibility index (Phi) is 7.03. The van der Waals surface area contributed by atoms with Crippen molar-refractivity contribution < 1.29 is 4.42 Å². The lowest BCUT2D eigenvalue weighted by Gasteiger charge is -2.10. The van der Waals surface area contributed by atoms with Gasteiger partial charge in [-0.3, -0.25) is 0 Å². The lowest BCUT2D eigenvalue weighted by Crippen LogP contribution is -2.00. The first-order chi connectivity index (χ1) is 28.2. The predicted molar refractivity (Wildman–Crippen MR) is 236 cm³/mol. The summed E-state index contributed by atoms with van der Waals surface area (Å²) in [5.74, 6) is 1.83. The number of thiophene rings is 1. The molecule has 6 heteroatoms. The van der Waals surface area contributed by atoms with Gasteiger partial charge in [0.25, 0.3) is 0 Å². The highest BCUT2D eigenvalue weighted by Crippen LogP contribution is 2.43. The van der Waals surface area contributed by atoms with Crippen molar-refractivity contribution in [2.75, 3.05) is 0 Å². The fourth-order valence-electron chi connectivity index (χ4n) is 8.42. The zero-order chi connectivity index (χ0) is 37.5. The second kappa shape index (κ2) is 12.6. The normalized spacial score (nSPS) is 11.9. The van der Waals surface area contributed by atoms with Gasteiger partial charge >= 0.3 is 0 Å². The molecule has 12 aromatic rings. The van der Waals surface area contributed by atoms with Crippen molar-refractivity contribution in [3.05, 3.63) is 182 Å². The zero-order valence-corrected chi connectivity index (χ0v) is 31.2. The summed E-state index contributed by atoms with van der Waals surface area (Å²) in [6.07, 6.45) is 0. The largest absolute Gasteiger partial charge is 0.454 e. The van der Waals surface area contributed by atoms with Gasteiger partial charge in [-0.15, -0.1) is 11.3 Å². The van der Waals surface area contributed by atoms with Crippen molar-refractivity contribution in [3.63, 3.8) is 0 Å². The van der Waals surface area contributed by atoms with Crippen LogP contribution in [0.15, 0.2) is 186 Å². The molecular weight excluding hydrogens is 717 g/mol. The van der Waals surface area contributed by atoms with E-state index >= 15 is 0 Å². The Morgan fingerprint density at radius 3 is 1.88 bits per heavy atom. The zero-order valence-electron chi connectivity index (χ0n) is 30.4. The van der Waals surface area contributed by atoms with Crippen molar-refractivity contribution >= 4 is 75.3 Å². The molecule has 0 radical (unpaired) electrons. The Morgan fingerprint density at radius 1 is 0.421 bits per heavy atom. The van der Waals surface area contributed by atoms with E-state index < -0.39 is 0 Å². The average Bonchev–Trinajstić information content (AvgIpc) is 3.96. The molecule has 0 atom stereocenters. The molecule has 266 valence electrons. The van der Waals surface area contributed by atoms with Crippen molar-refractivity contribution in [2.45, 2.75) is 0 Å². The number of fused-ring (bicyclic) bond motifs is 10. The van der Waals surface area contributed by atoms with E-state index in [1.807, 2.05) is 18.2 Å². The molecule has 4 aromatic heterocycles. The van der Waals surface area contributed by atoms with Gasteiger partial charge in [0.1, 0.15) is 5.58 Å². The maximum Gasteiger partial charge on any atom is 0.164 e. The molecule has 4 heterocycles. The summed E-state index contributed by atoms with van der Waals surface area (Å²) in [6, 6.07) is 63.7. The third-order valence-corrected chi connectivity index (χ3v) is 12.2. The van der Waals surface area contributed by atoms with Crippen LogP contribution in [-0.2, 0) is 0 Å². The van der Waals surface area contributed by atoms with E-state index in [0.29, 0.717) is 17.5 Å². The molecule has 0 aliphatic carbocycles. The van der Waals surface area contributed by atoms with Crippen LogP contribution in [0.1, 0.15) is 0 Å². The highest BCUT2D eigenvalue weighted by molar-refractivity contribution is 7.25. The molecule has 0 bridgehead atoms. The van der Waals surface area contributed by atoms with Crippen LogP contribution < -0.4 is 0 Å². The summed E-state index contributed by atoms with van der Waals surface area (Å²) in [4.78, 5) is 15.6. The molecule has 12 rings (SSSR count). The highest BCUT2D eigenvalue weighted by Gasteiger charge is 2.22. The molecule has 57 heavy (non-hydrogen) atoms. The van der Waals surface area contributed by atoms with E-state index in [0.717, 1.165) is 71.9 Å². The monoisotopic (exact) mass is 746 g/mol. The standard InChI is InChI=1S/C51H30N4OS/c1-3-12-31(13-4-1)32-22-24-33(25-23-32)49-52-50(34-26-27-38-37-17-8-10-21-44(37)57-45(38)30-34)54-51(53-49)41-18-11-20-43-46(41)40-29-28-39-36-16-7-9-19-42(36)55(47(39)48(40)56-43)35-14-5-2-6-15-35/h1-30H. The Morgan fingerprint density at radius 2 is 1.04 bits per heavy atom. The lowest BCUT2D eigenvalue weighted by atomic mass is 10.0. The minimum Gasteiger partial charge on any atom is -0.454 e. The van der Waals surface area contributed by atoms with Crippen LogP contribution in [0.3, 0.4) is 0 Å². The second-order valence-electron chi connectivity index (χ2n) is 14.4. The molecule has 0 aliphatic rings. The third-order valence-electron chi connectivity index (χ3n) is 11.1. The van der Waals surface area contributed by atoms with Crippen LogP contribution in [0, 0.1) is 0 Å². The summed E-state index contributed by atoms with van der Waals surface area (Å²) in [7, 11) is 0. The summed E-state index contributed by atoms with van der Waals surface area (Å²) in [5.41, 5.74) is 9.91. The minimum atomic E-state index is 0.593. The van der Waals surface area contributed by atoms with Crippen LogP contribution >= 0.6 is 11.3 Å². The number of hydrogen-bond acceptors (Lipinski definition) is 5. The SMILES string of the molecule is c1ccc(-c2ccc(-c3nc(-c4ccc5c(c4)sc4ccccc45)nc(-c4cccc5oc6c(ccc7c8ccccc8n(-c8ccccc8)c76)c45)n3)cc2)cc1. The van der Waals surface area contributed by atoms with E-state index in [1.165, 1.54) is 25.6 Å². The van der Waals surface area contributed by atoms with Gasteiger partial charge in [-0.1, -0.05) is 140 Å². The molecule has 0 amide bonds. The fraction of sp³-hybridized carbons (Fsp3) is 0. The Balaban J connectivity index is 1.09. The summed E-state index contributed by atoms with van der Waals surface area (Å²) in [5, 5.41) is 6.80. The van der Waals surface area contributed by atoms with E-state index in [2.05, 4.69) is 168 Å². The van der Waals surface area contributed by atoms with Gasteiger partial charge in [0.05, 0.1) is 11.0 Å². The summed E-state index contributed by atoms with van der Waals surface area (Å²) in [6.45, 7) is 0. The lowest BCUT2D eigenvalue weighted by molar-refractivity contribution is 0.671. The smallest absolute Gasteiger partial charge is 0.164 e. The summed E-state index contributed by atoms with van der Waals surface area (Å²) >= 11 is 1.79. The molecule has 0 aliphatic heterocycles. The van der Waals surface area contributed by atoms with Gasteiger partial charge in [0.15, 0.2) is 23.1 Å². The van der Waals surface area contributed by atoms with Crippen LogP contribution in [0.4, 0.5) is 0 Å². The Bertz CT molecular complexity index is 3510. The summed E-state index contributed by atoms with van der Waals surface area (Å²) < 4.78 is 11.7. The van der Waals surface area contributed by atoms with E-state index in [4.69, 9.17) is 19.4 Å². The molecule has 0 saturated carbocycles. The highest BCUT2D eigenvalue weighted by atomic mass is 32.1. The number of rotatable bonds is 5. The number of benzene rings is 8. The number of aromatic nitrogens is 4. The van der Waals surface area contributed by atoms with Crippen LogP contribution in [0.25, 0.3) is 115 Å². The molecule has 5 nitrogen and oxygen atoms in total. The maximum atomic E-state index is 6.89. The minimum absolute atomic E-state index is 0.593. The van der Waals surface area contributed by atoms with Gasteiger partial charge < -0.3 is 8.98 Å². The fourth-order valence-corrected chi connectivity index (χ4v) is 9.57. The van der Waals surface area contributed by atoms with E-state index in [1.54, 1.807) is 11.3 Å². The third kappa shape index (κ3) is 5.04. The molecule has 0 unspecified atom stereocenters. The van der Waals surface area contributed by atoms with Crippen molar-refractivity contribution in [1.29, 1.82) is 0 Å². The van der Waals surface area contributed by atoms with Crippen LogP contribution in [0.2, 0.25) is 0 Å². The number of furan rings is 1. The molecule has 0 N–H and O–H groups in total. The molecular formula is C51H30N4OS.